The largest absolute Gasteiger partial charge is 0.363 e. The average Bonchev–Trinajstić information content (AvgIpc) is 2.39. The molecule has 0 spiro atoms. The number of hydrogen-bond donors (Lipinski definition) is 1. The van der Waals surface area contributed by atoms with Gasteiger partial charge in [-0.3, -0.25) is 0 Å². The first kappa shape index (κ1) is 14.0. The third-order valence-electron chi connectivity index (χ3n) is 3.53. The summed E-state index contributed by atoms with van der Waals surface area (Å²) in [5.74, 6) is 0. The van der Waals surface area contributed by atoms with E-state index >= 15 is 0 Å². The van der Waals surface area contributed by atoms with E-state index in [4.69, 9.17) is 4.74 Å². The van der Waals surface area contributed by atoms with Crippen molar-refractivity contribution < 1.29 is 14.4 Å². The third kappa shape index (κ3) is 3.31. The second-order valence-corrected chi connectivity index (χ2v) is 5.25. The van der Waals surface area contributed by atoms with Crippen molar-refractivity contribution in [3.63, 3.8) is 0 Å². The summed E-state index contributed by atoms with van der Waals surface area (Å²) in [5.41, 5.74) is 2.41. The van der Waals surface area contributed by atoms with E-state index in [9.17, 15) is 5.11 Å². The lowest BCUT2D eigenvalue weighted by Gasteiger charge is -2.30. The van der Waals surface area contributed by atoms with Crippen LogP contribution in [0, 0.1) is 0 Å². The second kappa shape index (κ2) is 6.13. The highest BCUT2D eigenvalue weighted by molar-refractivity contribution is 5.21. The molecular formula is C16H22NO2+. The van der Waals surface area contributed by atoms with Gasteiger partial charge in [0.2, 0.25) is 18.4 Å². The summed E-state index contributed by atoms with van der Waals surface area (Å²) in [4.78, 5) is 0. The van der Waals surface area contributed by atoms with E-state index in [1.807, 2.05) is 22.8 Å². The van der Waals surface area contributed by atoms with Crippen molar-refractivity contribution in [3.05, 3.63) is 47.5 Å². The van der Waals surface area contributed by atoms with Gasteiger partial charge in [0.15, 0.2) is 0 Å². The van der Waals surface area contributed by atoms with Crippen molar-refractivity contribution in [3.8, 4) is 0 Å². The Kier molecular flexibility index (Phi) is 4.51. The molecule has 1 aliphatic rings. The van der Waals surface area contributed by atoms with Crippen LogP contribution >= 0.6 is 0 Å². The molecule has 1 fully saturated rings. The molecule has 3 nitrogen and oxygen atoms in total. The number of allylic oxidation sites excluding steroid dienone is 1. The van der Waals surface area contributed by atoms with Crippen LogP contribution in [-0.4, -0.2) is 35.3 Å². The van der Waals surface area contributed by atoms with Crippen molar-refractivity contribution in [2.75, 3.05) is 6.61 Å². The molecule has 0 aromatic heterocycles. The van der Waals surface area contributed by atoms with Crippen molar-refractivity contribution in [1.29, 1.82) is 0 Å². The summed E-state index contributed by atoms with van der Waals surface area (Å²) in [6.45, 7) is 8.71. The minimum atomic E-state index is -0.770. The van der Waals surface area contributed by atoms with Gasteiger partial charge in [0.05, 0.1) is 0 Å². The first-order chi connectivity index (χ1) is 9.09. The standard InChI is InChI=1S/C16H22NO2/c1-12(2)9-10-14-16(18)19-11-15(17(14)3)13-7-5-4-6-8-13/h4-9,14-16,18H,3,10-11H2,1-2H3/q+1/t14-,15+,16?/m1/s1. The number of morpholine rings is 1. The highest BCUT2D eigenvalue weighted by Gasteiger charge is 2.39. The maximum Gasteiger partial charge on any atom is 0.218 e. The predicted octanol–water partition coefficient (Wildman–Crippen LogP) is 2.51. The Labute approximate surface area is 114 Å². The monoisotopic (exact) mass is 260 g/mol. The molecule has 1 aliphatic heterocycles. The van der Waals surface area contributed by atoms with Crippen molar-refractivity contribution in [2.24, 2.45) is 0 Å². The van der Waals surface area contributed by atoms with Crippen LogP contribution in [0.4, 0.5) is 0 Å². The van der Waals surface area contributed by atoms with E-state index in [0.717, 1.165) is 6.42 Å². The zero-order valence-corrected chi connectivity index (χ0v) is 11.6. The number of aliphatic hydroxyl groups is 1. The molecule has 0 amide bonds. The Morgan fingerprint density at radius 3 is 2.74 bits per heavy atom. The number of hydrogen-bond acceptors (Lipinski definition) is 2. The normalized spacial score (nSPS) is 27.1. The zero-order chi connectivity index (χ0) is 13.8. The van der Waals surface area contributed by atoms with Gasteiger partial charge < -0.3 is 9.84 Å². The minimum Gasteiger partial charge on any atom is -0.363 e. The summed E-state index contributed by atoms with van der Waals surface area (Å²) in [5, 5.41) is 9.98. The van der Waals surface area contributed by atoms with E-state index in [0.29, 0.717) is 6.61 Å². The van der Waals surface area contributed by atoms with Crippen LogP contribution in [0.15, 0.2) is 42.0 Å². The third-order valence-corrected chi connectivity index (χ3v) is 3.53. The summed E-state index contributed by atoms with van der Waals surface area (Å²) in [6.07, 6.45) is 2.09. The summed E-state index contributed by atoms with van der Waals surface area (Å²) in [6, 6.07) is 10.2. The fourth-order valence-corrected chi connectivity index (χ4v) is 2.36. The van der Waals surface area contributed by atoms with Crippen LogP contribution in [0.3, 0.4) is 0 Å². The molecule has 1 aromatic carbocycles. The van der Waals surface area contributed by atoms with Crippen molar-refractivity contribution in [2.45, 2.75) is 38.6 Å². The molecule has 1 aromatic rings. The predicted molar refractivity (Wildman–Crippen MR) is 76.4 cm³/mol. The van der Waals surface area contributed by atoms with E-state index in [1.54, 1.807) is 0 Å². The van der Waals surface area contributed by atoms with Gasteiger partial charge in [0.25, 0.3) is 0 Å². The molecule has 3 heteroatoms. The van der Waals surface area contributed by atoms with E-state index in [2.05, 4.69) is 38.8 Å². The zero-order valence-electron chi connectivity index (χ0n) is 11.6. The second-order valence-electron chi connectivity index (χ2n) is 5.25. The molecule has 0 saturated carbocycles. The number of rotatable bonds is 3. The summed E-state index contributed by atoms with van der Waals surface area (Å²) >= 11 is 0. The lowest BCUT2D eigenvalue weighted by Crippen LogP contribution is -2.46. The van der Waals surface area contributed by atoms with Crippen LogP contribution in [0.1, 0.15) is 31.9 Å². The first-order valence-electron chi connectivity index (χ1n) is 6.66. The van der Waals surface area contributed by atoms with Crippen LogP contribution < -0.4 is 0 Å². The number of ether oxygens (including phenoxy) is 1. The smallest absolute Gasteiger partial charge is 0.218 e. The van der Waals surface area contributed by atoms with Crippen LogP contribution in [0.2, 0.25) is 0 Å². The van der Waals surface area contributed by atoms with Gasteiger partial charge in [-0.15, -0.1) is 0 Å². The molecule has 1 saturated heterocycles. The molecule has 0 radical (unpaired) electrons. The first-order valence-corrected chi connectivity index (χ1v) is 6.66. The summed E-state index contributed by atoms with van der Waals surface area (Å²) in [7, 11) is 0. The molecule has 0 bridgehead atoms. The highest BCUT2D eigenvalue weighted by Crippen LogP contribution is 2.26. The number of nitrogens with zero attached hydrogens (tertiary/aromatic N) is 1. The Balaban J connectivity index is 2.16. The van der Waals surface area contributed by atoms with Gasteiger partial charge in [0, 0.05) is 12.0 Å². The summed E-state index contributed by atoms with van der Waals surface area (Å²) < 4.78 is 7.48. The Morgan fingerprint density at radius 2 is 2.11 bits per heavy atom. The van der Waals surface area contributed by atoms with Gasteiger partial charge in [-0.1, -0.05) is 42.0 Å². The van der Waals surface area contributed by atoms with Crippen LogP contribution in [-0.2, 0) is 4.74 Å². The SMILES string of the molecule is C=[N+]1[C@H](CC=C(C)C)C(O)OC[C@H]1c1ccccc1. The molecule has 0 aliphatic carbocycles. The van der Waals surface area contributed by atoms with E-state index in [-0.39, 0.29) is 12.1 Å². The molecule has 102 valence electrons. The lowest BCUT2D eigenvalue weighted by molar-refractivity contribution is -0.642. The van der Waals surface area contributed by atoms with Gasteiger partial charge >= 0.3 is 0 Å². The number of aliphatic hydroxyl groups excluding tert-OH is 1. The van der Waals surface area contributed by atoms with Crippen molar-refractivity contribution >= 4 is 6.72 Å². The van der Waals surface area contributed by atoms with E-state index < -0.39 is 6.29 Å². The molecule has 1 N–H and O–H groups in total. The lowest BCUT2D eigenvalue weighted by atomic mass is 10.0. The fourth-order valence-electron chi connectivity index (χ4n) is 2.36. The maximum absolute atomic E-state index is 9.98. The van der Waals surface area contributed by atoms with Gasteiger partial charge in [-0.05, 0) is 13.8 Å². The molecule has 3 atom stereocenters. The van der Waals surface area contributed by atoms with Crippen LogP contribution in [0.25, 0.3) is 0 Å². The van der Waals surface area contributed by atoms with Gasteiger partial charge in [0.1, 0.15) is 13.3 Å². The van der Waals surface area contributed by atoms with Crippen molar-refractivity contribution in [1.82, 2.24) is 0 Å². The van der Waals surface area contributed by atoms with Gasteiger partial charge in [-0.2, -0.15) is 0 Å². The topological polar surface area (TPSA) is 32.5 Å². The molecule has 1 unspecified atom stereocenters. The van der Waals surface area contributed by atoms with Crippen LogP contribution in [0.5, 0.6) is 0 Å². The molecule has 19 heavy (non-hydrogen) atoms. The Hall–Kier alpha value is -1.45. The average molecular weight is 260 g/mol. The van der Waals surface area contributed by atoms with Gasteiger partial charge in [-0.25, -0.2) is 4.58 Å². The fraction of sp³-hybridized carbons (Fsp3) is 0.438. The quantitative estimate of drug-likeness (QED) is 0.669. The molecule has 1 heterocycles. The Morgan fingerprint density at radius 1 is 1.42 bits per heavy atom. The molecular weight excluding hydrogens is 238 g/mol. The minimum absolute atomic E-state index is 0.0974. The number of benzene rings is 1. The maximum atomic E-state index is 9.98. The highest BCUT2D eigenvalue weighted by atomic mass is 16.6. The molecule has 2 rings (SSSR count). The van der Waals surface area contributed by atoms with E-state index in [1.165, 1.54) is 11.1 Å². The Bertz CT molecular complexity index is 463.